The summed E-state index contributed by atoms with van der Waals surface area (Å²) in [7, 11) is 1.57. The van der Waals surface area contributed by atoms with Gasteiger partial charge in [0.15, 0.2) is 0 Å². The quantitative estimate of drug-likeness (QED) is 0.687. The molecular formula is C10H19ClN2O4S. The lowest BCUT2D eigenvalue weighted by Crippen LogP contribution is -2.55. The van der Waals surface area contributed by atoms with Crippen molar-refractivity contribution in [1.29, 1.82) is 0 Å². The summed E-state index contributed by atoms with van der Waals surface area (Å²) in [6.45, 7) is 7.81. The summed E-state index contributed by atoms with van der Waals surface area (Å²) in [6.07, 6.45) is -0.430. The molecular weight excluding hydrogens is 280 g/mol. The number of halogens is 1. The Kier molecular flexibility index (Phi) is 4.51. The van der Waals surface area contributed by atoms with Crippen LogP contribution in [-0.2, 0) is 14.0 Å². The summed E-state index contributed by atoms with van der Waals surface area (Å²) < 4.78 is 28.9. The minimum absolute atomic E-state index is 0.187. The molecule has 0 aromatic heterocycles. The summed E-state index contributed by atoms with van der Waals surface area (Å²) in [5.41, 5.74) is -0.560. The van der Waals surface area contributed by atoms with Crippen molar-refractivity contribution >= 4 is 26.0 Å². The van der Waals surface area contributed by atoms with Gasteiger partial charge in [-0.1, -0.05) is 0 Å². The number of amides is 1. The first-order valence-electron chi connectivity index (χ1n) is 5.70. The maximum atomic E-state index is 11.8. The van der Waals surface area contributed by atoms with E-state index in [9.17, 15) is 13.2 Å². The van der Waals surface area contributed by atoms with Crippen LogP contribution in [0.1, 0.15) is 27.7 Å². The molecule has 8 heteroatoms. The van der Waals surface area contributed by atoms with E-state index in [2.05, 4.69) is 0 Å². The van der Waals surface area contributed by atoms with E-state index >= 15 is 0 Å². The van der Waals surface area contributed by atoms with Gasteiger partial charge in [-0.2, -0.15) is 12.7 Å². The highest BCUT2D eigenvalue weighted by Crippen LogP contribution is 2.18. The normalized spacial score (nSPS) is 22.9. The van der Waals surface area contributed by atoms with Crippen LogP contribution in [-0.4, -0.2) is 55.0 Å². The number of ether oxygens (including phenoxy) is 1. The highest BCUT2D eigenvalue weighted by atomic mass is 35.7. The van der Waals surface area contributed by atoms with Gasteiger partial charge in [-0.15, -0.1) is 0 Å². The van der Waals surface area contributed by atoms with E-state index in [0.717, 1.165) is 0 Å². The predicted octanol–water partition coefficient (Wildman–Crippen LogP) is 1.41. The lowest BCUT2D eigenvalue weighted by molar-refractivity contribution is 0.0145. The van der Waals surface area contributed by atoms with Crippen molar-refractivity contribution in [2.45, 2.75) is 39.3 Å². The molecule has 0 spiro atoms. The number of nitrogens with zero attached hydrogens (tertiary/aromatic N) is 2. The average Bonchev–Trinajstić information content (AvgIpc) is 2.12. The van der Waals surface area contributed by atoms with Gasteiger partial charge < -0.3 is 9.64 Å². The smallest absolute Gasteiger partial charge is 0.410 e. The van der Waals surface area contributed by atoms with Crippen LogP contribution < -0.4 is 0 Å². The van der Waals surface area contributed by atoms with E-state index in [1.807, 2.05) is 0 Å². The zero-order chi connectivity index (χ0) is 14.1. The van der Waals surface area contributed by atoms with E-state index in [0.29, 0.717) is 0 Å². The van der Waals surface area contributed by atoms with Crippen molar-refractivity contribution in [2.75, 3.05) is 19.6 Å². The molecule has 1 atom stereocenters. The molecule has 1 aliphatic heterocycles. The lowest BCUT2D eigenvalue weighted by atomic mass is 10.2. The Labute approximate surface area is 112 Å². The monoisotopic (exact) mass is 298 g/mol. The van der Waals surface area contributed by atoms with Crippen LogP contribution in [0.15, 0.2) is 0 Å². The molecule has 1 rings (SSSR count). The summed E-state index contributed by atoms with van der Waals surface area (Å²) >= 11 is 0. The molecule has 6 nitrogen and oxygen atoms in total. The number of hydrogen-bond acceptors (Lipinski definition) is 4. The third-order valence-corrected chi connectivity index (χ3v) is 4.13. The minimum Gasteiger partial charge on any atom is -0.444 e. The molecule has 0 unspecified atom stereocenters. The first-order valence-corrected chi connectivity index (χ1v) is 7.96. The van der Waals surface area contributed by atoms with Gasteiger partial charge in [0.1, 0.15) is 5.60 Å². The van der Waals surface area contributed by atoms with E-state index < -0.39 is 20.9 Å². The Morgan fingerprint density at radius 3 is 2.28 bits per heavy atom. The van der Waals surface area contributed by atoms with Crippen LogP contribution in [0.25, 0.3) is 0 Å². The maximum Gasteiger partial charge on any atom is 0.410 e. The summed E-state index contributed by atoms with van der Waals surface area (Å²) in [6, 6.07) is -0.353. The molecule has 0 N–H and O–H groups in total. The van der Waals surface area contributed by atoms with Crippen molar-refractivity contribution < 1.29 is 17.9 Å². The van der Waals surface area contributed by atoms with Crippen LogP contribution >= 0.6 is 10.7 Å². The molecule has 1 amide bonds. The molecule has 1 heterocycles. The Morgan fingerprint density at radius 1 is 1.33 bits per heavy atom. The Morgan fingerprint density at radius 2 is 1.89 bits per heavy atom. The highest BCUT2D eigenvalue weighted by molar-refractivity contribution is 8.11. The third kappa shape index (κ3) is 4.29. The topological polar surface area (TPSA) is 66.9 Å². The summed E-state index contributed by atoms with van der Waals surface area (Å²) in [4.78, 5) is 13.3. The van der Waals surface area contributed by atoms with E-state index in [-0.39, 0.29) is 25.7 Å². The van der Waals surface area contributed by atoms with Crippen LogP contribution in [0, 0.1) is 0 Å². The zero-order valence-corrected chi connectivity index (χ0v) is 12.6. The molecule has 0 radical (unpaired) electrons. The van der Waals surface area contributed by atoms with Gasteiger partial charge in [0.2, 0.25) is 0 Å². The first-order chi connectivity index (χ1) is 8.00. The maximum absolute atomic E-state index is 11.8. The van der Waals surface area contributed by atoms with Gasteiger partial charge >= 0.3 is 6.09 Å². The van der Waals surface area contributed by atoms with E-state index in [1.54, 1.807) is 27.7 Å². The third-order valence-electron chi connectivity index (χ3n) is 2.50. The van der Waals surface area contributed by atoms with Crippen LogP contribution in [0.3, 0.4) is 0 Å². The number of rotatable bonds is 1. The molecule has 1 aliphatic rings. The van der Waals surface area contributed by atoms with Gasteiger partial charge in [0, 0.05) is 36.4 Å². The van der Waals surface area contributed by atoms with Crippen LogP contribution in [0.4, 0.5) is 4.79 Å². The molecule has 0 bridgehead atoms. The first kappa shape index (κ1) is 15.5. The fourth-order valence-corrected chi connectivity index (χ4v) is 3.17. The average molecular weight is 299 g/mol. The van der Waals surface area contributed by atoms with Gasteiger partial charge in [0.05, 0.1) is 0 Å². The van der Waals surface area contributed by atoms with Gasteiger partial charge in [-0.05, 0) is 27.7 Å². The molecule has 1 saturated heterocycles. The van der Waals surface area contributed by atoms with Crippen LogP contribution in [0.5, 0.6) is 0 Å². The van der Waals surface area contributed by atoms with E-state index in [4.69, 9.17) is 15.4 Å². The second-order valence-corrected chi connectivity index (χ2v) is 7.79. The van der Waals surface area contributed by atoms with Crippen molar-refractivity contribution in [3.05, 3.63) is 0 Å². The SMILES string of the molecule is C[C@H]1CN(C(=O)OC(C)(C)C)CCN1S(=O)(=O)Cl. The van der Waals surface area contributed by atoms with Gasteiger partial charge in [-0.25, -0.2) is 4.79 Å². The number of piperazine rings is 1. The number of carbonyl (C=O) groups is 1. The van der Waals surface area contributed by atoms with Crippen molar-refractivity contribution in [2.24, 2.45) is 0 Å². The Balaban J connectivity index is 2.64. The minimum atomic E-state index is -3.73. The number of hydrogen-bond donors (Lipinski definition) is 0. The second-order valence-electron chi connectivity index (χ2n) is 5.33. The molecule has 1 fully saturated rings. The molecule has 0 aromatic carbocycles. The molecule has 0 aromatic rings. The van der Waals surface area contributed by atoms with Crippen LogP contribution in [0.2, 0.25) is 0 Å². The highest BCUT2D eigenvalue weighted by Gasteiger charge is 2.34. The fraction of sp³-hybridized carbons (Fsp3) is 0.900. The lowest BCUT2D eigenvalue weighted by Gasteiger charge is -2.37. The molecule has 18 heavy (non-hydrogen) atoms. The summed E-state index contributed by atoms with van der Waals surface area (Å²) in [5, 5.41) is 0. The fourth-order valence-electron chi connectivity index (χ4n) is 1.76. The Bertz CT molecular complexity index is 418. The molecule has 0 aliphatic carbocycles. The second kappa shape index (κ2) is 5.22. The number of carbonyl (C=O) groups excluding carboxylic acids is 1. The van der Waals surface area contributed by atoms with Gasteiger partial charge in [0.25, 0.3) is 9.24 Å². The van der Waals surface area contributed by atoms with Crippen molar-refractivity contribution in [1.82, 2.24) is 9.21 Å². The predicted molar refractivity (Wildman–Crippen MR) is 68.7 cm³/mol. The largest absolute Gasteiger partial charge is 0.444 e. The van der Waals surface area contributed by atoms with Crippen molar-refractivity contribution in [3.8, 4) is 0 Å². The molecule has 0 saturated carbocycles. The standard InChI is InChI=1S/C10H19ClN2O4S/c1-8-7-12(9(14)17-10(2,3)4)5-6-13(8)18(11,15)16/h8H,5-7H2,1-4H3/t8-/m0/s1. The summed E-state index contributed by atoms with van der Waals surface area (Å²) in [5.74, 6) is 0. The van der Waals surface area contributed by atoms with Crippen molar-refractivity contribution in [3.63, 3.8) is 0 Å². The molecule has 106 valence electrons. The Hall–Kier alpha value is -0.530. The zero-order valence-electron chi connectivity index (χ0n) is 11.0. The van der Waals surface area contributed by atoms with E-state index in [1.165, 1.54) is 9.21 Å². The van der Waals surface area contributed by atoms with Gasteiger partial charge in [-0.3, -0.25) is 0 Å².